The van der Waals surface area contributed by atoms with Gasteiger partial charge in [-0.2, -0.15) is 0 Å². The Hall–Kier alpha value is -1.48. The summed E-state index contributed by atoms with van der Waals surface area (Å²) in [5, 5.41) is 11.0. The van der Waals surface area contributed by atoms with E-state index < -0.39 is 6.10 Å². The summed E-state index contributed by atoms with van der Waals surface area (Å²) >= 11 is 0. The highest BCUT2D eigenvalue weighted by Gasteiger charge is 2.11. The first-order valence-corrected chi connectivity index (χ1v) is 4.40. The van der Waals surface area contributed by atoms with Crippen molar-refractivity contribution in [2.24, 2.45) is 0 Å². The van der Waals surface area contributed by atoms with Crippen LogP contribution in [0.3, 0.4) is 0 Å². The third-order valence-corrected chi connectivity index (χ3v) is 2.23. The van der Waals surface area contributed by atoms with E-state index in [-0.39, 0.29) is 5.82 Å². The molecule has 0 aliphatic carbocycles. The third kappa shape index (κ3) is 1.36. The number of pyridine rings is 1. The predicted octanol–water partition coefficient (Wildman–Crippen LogP) is 2.43. The van der Waals surface area contributed by atoms with Crippen molar-refractivity contribution in [1.29, 1.82) is 0 Å². The van der Waals surface area contributed by atoms with Gasteiger partial charge in [-0.05, 0) is 30.5 Å². The zero-order valence-corrected chi connectivity index (χ0v) is 7.74. The Morgan fingerprint density at radius 3 is 2.86 bits per heavy atom. The molecule has 0 saturated carbocycles. The average Bonchev–Trinajstić information content (AvgIpc) is 2.17. The van der Waals surface area contributed by atoms with Crippen LogP contribution in [0, 0.1) is 5.82 Å². The van der Waals surface area contributed by atoms with E-state index in [0.717, 1.165) is 10.8 Å². The molecule has 1 aromatic carbocycles. The smallest absolute Gasteiger partial charge is 0.129 e. The monoisotopic (exact) mass is 191 g/mol. The molecule has 0 spiro atoms. The van der Waals surface area contributed by atoms with Crippen molar-refractivity contribution in [2.45, 2.75) is 13.0 Å². The number of hydrogen-bond acceptors (Lipinski definition) is 2. The molecule has 0 amide bonds. The lowest BCUT2D eigenvalue weighted by atomic mass is 10.0. The molecule has 0 aliphatic rings. The van der Waals surface area contributed by atoms with Gasteiger partial charge in [0.1, 0.15) is 5.82 Å². The van der Waals surface area contributed by atoms with E-state index in [2.05, 4.69) is 4.98 Å². The molecule has 0 fully saturated rings. The Morgan fingerprint density at radius 1 is 1.36 bits per heavy atom. The van der Waals surface area contributed by atoms with Crippen LogP contribution < -0.4 is 0 Å². The van der Waals surface area contributed by atoms with Gasteiger partial charge in [0.15, 0.2) is 0 Å². The summed E-state index contributed by atoms with van der Waals surface area (Å²) in [4.78, 5) is 3.94. The van der Waals surface area contributed by atoms with Gasteiger partial charge in [-0.25, -0.2) is 4.39 Å². The van der Waals surface area contributed by atoms with Crippen LogP contribution in [0.25, 0.3) is 10.8 Å². The number of aliphatic hydroxyl groups is 1. The first-order valence-electron chi connectivity index (χ1n) is 4.40. The van der Waals surface area contributed by atoms with E-state index in [1.54, 1.807) is 31.5 Å². The molecule has 0 bridgehead atoms. The van der Waals surface area contributed by atoms with Crippen LogP contribution in [0.5, 0.6) is 0 Å². The van der Waals surface area contributed by atoms with Gasteiger partial charge >= 0.3 is 0 Å². The fourth-order valence-electron chi connectivity index (χ4n) is 1.59. The molecule has 0 aliphatic heterocycles. The second-order valence-corrected chi connectivity index (χ2v) is 3.23. The Labute approximate surface area is 81.0 Å². The molecule has 1 unspecified atom stereocenters. The number of nitrogens with zero attached hydrogens (tertiary/aromatic N) is 1. The summed E-state index contributed by atoms with van der Waals surface area (Å²) in [5.74, 6) is -0.376. The fourth-order valence-corrected chi connectivity index (χ4v) is 1.59. The predicted molar refractivity (Wildman–Crippen MR) is 52.3 cm³/mol. The first-order chi connectivity index (χ1) is 6.70. The lowest BCUT2D eigenvalue weighted by molar-refractivity contribution is 0.196. The summed E-state index contributed by atoms with van der Waals surface area (Å²) in [7, 11) is 0. The molecule has 2 aromatic rings. The highest BCUT2D eigenvalue weighted by atomic mass is 19.1. The van der Waals surface area contributed by atoms with E-state index in [4.69, 9.17) is 0 Å². The molecule has 1 atom stereocenters. The molecular weight excluding hydrogens is 181 g/mol. The zero-order valence-electron chi connectivity index (χ0n) is 7.74. The highest BCUT2D eigenvalue weighted by molar-refractivity contribution is 5.85. The first kappa shape index (κ1) is 9.09. The Morgan fingerprint density at radius 2 is 2.14 bits per heavy atom. The summed E-state index contributed by atoms with van der Waals surface area (Å²) in [5.41, 5.74) is 0.338. The van der Waals surface area contributed by atoms with Crippen LogP contribution in [-0.2, 0) is 0 Å². The Kier molecular flexibility index (Phi) is 2.17. The molecule has 72 valence electrons. The normalized spacial score (nSPS) is 13.1. The lowest BCUT2D eigenvalue weighted by Crippen LogP contribution is -1.97. The van der Waals surface area contributed by atoms with Crippen molar-refractivity contribution in [1.82, 2.24) is 4.98 Å². The van der Waals surface area contributed by atoms with Crippen molar-refractivity contribution in [3.63, 3.8) is 0 Å². The van der Waals surface area contributed by atoms with Gasteiger partial charge in [-0.3, -0.25) is 4.98 Å². The quantitative estimate of drug-likeness (QED) is 0.750. The molecule has 14 heavy (non-hydrogen) atoms. The van der Waals surface area contributed by atoms with Crippen molar-refractivity contribution in [2.75, 3.05) is 0 Å². The molecule has 1 N–H and O–H groups in total. The van der Waals surface area contributed by atoms with Crippen LogP contribution in [-0.4, -0.2) is 10.1 Å². The van der Waals surface area contributed by atoms with E-state index in [9.17, 15) is 9.50 Å². The number of aliphatic hydroxyl groups excluding tert-OH is 1. The van der Waals surface area contributed by atoms with Crippen LogP contribution >= 0.6 is 0 Å². The van der Waals surface area contributed by atoms with Crippen molar-refractivity contribution in [3.05, 3.63) is 42.0 Å². The fraction of sp³-hybridized carbons (Fsp3) is 0.182. The number of halogens is 1. The maximum absolute atomic E-state index is 13.4. The van der Waals surface area contributed by atoms with Crippen LogP contribution in [0.2, 0.25) is 0 Å². The molecule has 1 heterocycles. The number of benzene rings is 1. The number of rotatable bonds is 1. The van der Waals surface area contributed by atoms with Gasteiger partial charge in [0, 0.05) is 23.3 Å². The van der Waals surface area contributed by atoms with Crippen LogP contribution in [0.15, 0.2) is 30.6 Å². The SMILES string of the molecule is CC(O)c1c(F)ccc2cnccc12. The van der Waals surface area contributed by atoms with Gasteiger partial charge in [-0.1, -0.05) is 0 Å². The minimum absolute atomic E-state index is 0.338. The average molecular weight is 191 g/mol. The Bertz CT molecular complexity index is 468. The summed E-state index contributed by atoms with van der Waals surface area (Å²) < 4.78 is 13.4. The summed E-state index contributed by atoms with van der Waals surface area (Å²) in [6.07, 6.45) is 2.44. The van der Waals surface area contributed by atoms with Crippen molar-refractivity contribution < 1.29 is 9.50 Å². The molecule has 1 aromatic heterocycles. The van der Waals surface area contributed by atoms with Gasteiger partial charge < -0.3 is 5.11 Å². The minimum Gasteiger partial charge on any atom is -0.389 e. The third-order valence-electron chi connectivity index (χ3n) is 2.23. The minimum atomic E-state index is -0.805. The molecule has 2 nitrogen and oxygen atoms in total. The van der Waals surface area contributed by atoms with Gasteiger partial charge in [0.05, 0.1) is 6.10 Å². The van der Waals surface area contributed by atoms with Crippen LogP contribution in [0.4, 0.5) is 4.39 Å². The standard InChI is InChI=1S/C11H10FNO/c1-7(14)11-9-4-5-13-6-8(9)2-3-10(11)12/h2-7,14H,1H3. The molecule has 3 heteroatoms. The zero-order chi connectivity index (χ0) is 10.1. The number of aromatic nitrogens is 1. The number of fused-ring (bicyclic) bond motifs is 1. The second-order valence-electron chi connectivity index (χ2n) is 3.23. The topological polar surface area (TPSA) is 33.1 Å². The maximum atomic E-state index is 13.4. The molecule has 0 saturated heterocycles. The number of hydrogen-bond donors (Lipinski definition) is 1. The maximum Gasteiger partial charge on any atom is 0.129 e. The van der Waals surface area contributed by atoms with E-state index >= 15 is 0 Å². The molecular formula is C11H10FNO. The second kappa shape index (κ2) is 3.35. The lowest BCUT2D eigenvalue weighted by Gasteiger charge is -2.09. The van der Waals surface area contributed by atoms with E-state index in [0.29, 0.717) is 5.56 Å². The van der Waals surface area contributed by atoms with Crippen molar-refractivity contribution >= 4 is 10.8 Å². The molecule has 2 rings (SSSR count). The molecule has 0 radical (unpaired) electrons. The summed E-state index contributed by atoms with van der Waals surface area (Å²) in [6, 6.07) is 4.72. The largest absolute Gasteiger partial charge is 0.389 e. The van der Waals surface area contributed by atoms with Crippen LogP contribution in [0.1, 0.15) is 18.6 Å². The van der Waals surface area contributed by atoms with Gasteiger partial charge in [-0.15, -0.1) is 0 Å². The van der Waals surface area contributed by atoms with E-state index in [1.807, 2.05) is 0 Å². The Balaban J connectivity index is 2.83. The van der Waals surface area contributed by atoms with Gasteiger partial charge in [0.2, 0.25) is 0 Å². The highest BCUT2D eigenvalue weighted by Crippen LogP contribution is 2.25. The van der Waals surface area contributed by atoms with E-state index in [1.165, 1.54) is 6.07 Å². The summed E-state index contributed by atoms with van der Waals surface area (Å²) in [6.45, 7) is 1.55. The van der Waals surface area contributed by atoms with Gasteiger partial charge in [0.25, 0.3) is 0 Å². The van der Waals surface area contributed by atoms with Crippen molar-refractivity contribution in [3.8, 4) is 0 Å².